The molecule has 1 aromatic carbocycles. The number of ether oxygens (including phenoxy) is 1. The number of hydrogen-bond acceptors (Lipinski definition) is 4. The van der Waals surface area contributed by atoms with Crippen molar-refractivity contribution in [2.75, 3.05) is 11.9 Å². The molecule has 0 bridgehead atoms. The van der Waals surface area contributed by atoms with E-state index >= 15 is 0 Å². The smallest absolute Gasteiger partial charge is 0.131 e. The highest BCUT2D eigenvalue weighted by atomic mass is 16.5. The standard InChI is InChI=1S/C14H13N3O/c1-2-18-13-5-3-4-12(9-13)17-14-8-11(10-15)6-7-16-14/h3-9H,2H2,1H3,(H,16,17). The van der Waals surface area contributed by atoms with Crippen molar-refractivity contribution >= 4 is 11.5 Å². The molecule has 0 saturated heterocycles. The maximum atomic E-state index is 8.82. The van der Waals surface area contributed by atoms with Crippen LogP contribution in [0, 0.1) is 11.3 Å². The van der Waals surface area contributed by atoms with E-state index in [9.17, 15) is 0 Å². The number of benzene rings is 1. The summed E-state index contributed by atoms with van der Waals surface area (Å²) in [4.78, 5) is 4.16. The zero-order chi connectivity index (χ0) is 12.8. The molecule has 0 atom stereocenters. The van der Waals surface area contributed by atoms with Gasteiger partial charge in [0.25, 0.3) is 0 Å². The normalized spacial score (nSPS) is 9.56. The summed E-state index contributed by atoms with van der Waals surface area (Å²) in [6.07, 6.45) is 1.60. The summed E-state index contributed by atoms with van der Waals surface area (Å²) in [6, 6.07) is 13.1. The van der Waals surface area contributed by atoms with E-state index in [1.807, 2.05) is 31.2 Å². The van der Waals surface area contributed by atoms with Crippen LogP contribution in [-0.2, 0) is 0 Å². The second kappa shape index (κ2) is 5.69. The minimum atomic E-state index is 0.577. The van der Waals surface area contributed by atoms with Gasteiger partial charge in [0, 0.05) is 18.0 Å². The highest BCUT2D eigenvalue weighted by molar-refractivity contribution is 5.59. The molecular weight excluding hydrogens is 226 g/mol. The number of nitrogens with zero attached hydrogens (tertiary/aromatic N) is 2. The highest BCUT2D eigenvalue weighted by Crippen LogP contribution is 2.20. The molecule has 90 valence electrons. The maximum absolute atomic E-state index is 8.82. The Morgan fingerprint density at radius 1 is 1.33 bits per heavy atom. The third kappa shape index (κ3) is 2.98. The zero-order valence-electron chi connectivity index (χ0n) is 10.1. The van der Waals surface area contributed by atoms with Crippen LogP contribution in [0.4, 0.5) is 11.5 Å². The predicted octanol–water partition coefficient (Wildman–Crippen LogP) is 3.10. The second-order valence-electron chi connectivity index (χ2n) is 3.63. The Hall–Kier alpha value is -2.54. The van der Waals surface area contributed by atoms with Gasteiger partial charge in [0.1, 0.15) is 11.6 Å². The van der Waals surface area contributed by atoms with Crippen LogP contribution in [0.2, 0.25) is 0 Å². The van der Waals surface area contributed by atoms with E-state index in [0.29, 0.717) is 18.0 Å². The third-order valence-electron chi connectivity index (χ3n) is 2.31. The van der Waals surface area contributed by atoms with E-state index in [-0.39, 0.29) is 0 Å². The first-order chi connectivity index (χ1) is 8.81. The van der Waals surface area contributed by atoms with E-state index in [0.717, 1.165) is 11.4 Å². The Balaban J connectivity index is 2.18. The number of hydrogen-bond donors (Lipinski definition) is 1. The van der Waals surface area contributed by atoms with Crippen molar-refractivity contribution in [3.05, 3.63) is 48.2 Å². The zero-order valence-corrected chi connectivity index (χ0v) is 10.1. The van der Waals surface area contributed by atoms with Crippen molar-refractivity contribution in [3.63, 3.8) is 0 Å². The van der Waals surface area contributed by atoms with Crippen molar-refractivity contribution in [1.82, 2.24) is 4.98 Å². The van der Waals surface area contributed by atoms with Gasteiger partial charge in [-0.05, 0) is 31.2 Å². The van der Waals surface area contributed by atoms with Crippen molar-refractivity contribution in [3.8, 4) is 11.8 Å². The van der Waals surface area contributed by atoms with Crippen molar-refractivity contribution in [1.29, 1.82) is 5.26 Å². The fraction of sp³-hybridized carbons (Fsp3) is 0.143. The second-order valence-corrected chi connectivity index (χ2v) is 3.63. The van der Waals surface area contributed by atoms with E-state index in [1.54, 1.807) is 18.3 Å². The number of pyridine rings is 1. The largest absolute Gasteiger partial charge is 0.494 e. The van der Waals surface area contributed by atoms with Crippen LogP contribution in [-0.4, -0.2) is 11.6 Å². The Morgan fingerprint density at radius 2 is 2.22 bits per heavy atom. The molecule has 1 aromatic heterocycles. The van der Waals surface area contributed by atoms with E-state index in [4.69, 9.17) is 10.00 Å². The molecule has 0 saturated carbocycles. The Labute approximate surface area is 106 Å². The SMILES string of the molecule is CCOc1cccc(Nc2cc(C#N)ccn2)c1. The topological polar surface area (TPSA) is 57.9 Å². The summed E-state index contributed by atoms with van der Waals surface area (Å²) in [5, 5.41) is 12.0. The number of rotatable bonds is 4. The van der Waals surface area contributed by atoms with Crippen LogP contribution in [0.15, 0.2) is 42.6 Å². The molecule has 0 unspecified atom stereocenters. The molecule has 0 aliphatic heterocycles. The Kier molecular flexibility index (Phi) is 3.77. The summed E-state index contributed by atoms with van der Waals surface area (Å²) in [5.41, 5.74) is 1.46. The molecule has 0 radical (unpaired) electrons. The van der Waals surface area contributed by atoms with E-state index < -0.39 is 0 Å². The molecule has 2 rings (SSSR count). The summed E-state index contributed by atoms with van der Waals surface area (Å²) in [5.74, 6) is 1.45. The highest BCUT2D eigenvalue weighted by Gasteiger charge is 1.99. The van der Waals surface area contributed by atoms with Crippen LogP contribution in [0.25, 0.3) is 0 Å². The lowest BCUT2D eigenvalue weighted by molar-refractivity contribution is 0.340. The maximum Gasteiger partial charge on any atom is 0.131 e. The first-order valence-corrected chi connectivity index (χ1v) is 5.68. The first-order valence-electron chi connectivity index (χ1n) is 5.68. The Morgan fingerprint density at radius 3 is 3.00 bits per heavy atom. The molecule has 4 heteroatoms. The molecule has 1 N–H and O–H groups in total. The van der Waals surface area contributed by atoms with Gasteiger partial charge in [0.05, 0.1) is 18.2 Å². The minimum Gasteiger partial charge on any atom is -0.494 e. The summed E-state index contributed by atoms with van der Waals surface area (Å²) >= 11 is 0. The van der Waals surface area contributed by atoms with Gasteiger partial charge < -0.3 is 10.1 Å². The molecule has 18 heavy (non-hydrogen) atoms. The fourth-order valence-corrected chi connectivity index (χ4v) is 1.55. The molecule has 2 aromatic rings. The van der Waals surface area contributed by atoms with E-state index in [1.165, 1.54) is 0 Å². The quantitative estimate of drug-likeness (QED) is 0.890. The average Bonchev–Trinajstić information content (AvgIpc) is 2.40. The number of anilines is 2. The van der Waals surface area contributed by atoms with Gasteiger partial charge in [0.2, 0.25) is 0 Å². The van der Waals surface area contributed by atoms with Gasteiger partial charge in [-0.3, -0.25) is 0 Å². The summed E-state index contributed by atoms with van der Waals surface area (Å²) in [7, 11) is 0. The van der Waals surface area contributed by atoms with Crippen LogP contribution in [0.5, 0.6) is 5.75 Å². The van der Waals surface area contributed by atoms with Crippen LogP contribution >= 0.6 is 0 Å². The molecular formula is C14H13N3O. The van der Waals surface area contributed by atoms with Gasteiger partial charge >= 0.3 is 0 Å². The summed E-state index contributed by atoms with van der Waals surface area (Å²) in [6.45, 7) is 2.57. The molecule has 1 heterocycles. The Bertz CT molecular complexity index is 575. The first kappa shape index (κ1) is 11.9. The van der Waals surface area contributed by atoms with Gasteiger partial charge in [-0.25, -0.2) is 4.98 Å². The summed E-state index contributed by atoms with van der Waals surface area (Å²) < 4.78 is 5.42. The van der Waals surface area contributed by atoms with Crippen molar-refractivity contribution in [2.45, 2.75) is 6.92 Å². The molecule has 4 nitrogen and oxygen atoms in total. The van der Waals surface area contributed by atoms with E-state index in [2.05, 4.69) is 16.4 Å². The molecule has 0 fully saturated rings. The number of nitriles is 1. The lowest BCUT2D eigenvalue weighted by atomic mass is 10.2. The minimum absolute atomic E-state index is 0.577. The number of aromatic nitrogens is 1. The monoisotopic (exact) mass is 239 g/mol. The van der Waals surface area contributed by atoms with Crippen LogP contribution in [0.3, 0.4) is 0 Å². The van der Waals surface area contributed by atoms with Gasteiger partial charge in [-0.1, -0.05) is 6.07 Å². The average molecular weight is 239 g/mol. The van der Waals surface area contributed by atoms with Gasteiger partial charge in [-0.2, -0.15) is 5.26 Å². The van der Waals surface area contributed by atoms with Gasteiger partial charge in [0.15, 0.2) is 0 Å². The molecule has 0 spiro atoms. The van der Waals surface area contributed by atoms with Crippen LogP contribution < -0.4 is 10.1 Å². The van der Waals surface area contributed by atoms with Crippen molar-refractivity contribution in [2.24, 2.45) is 0 Å². The lowest BCUT2D eigenvalue weighted by Crippen LogP contribution is -1.95. The predicted molar refractivity (Wildman–Crippen MR) is 69.8 cm³/mol. The molecule has 0 amide bonds. The van der Waals surface area contributed by atoms with Gasteiger partial charge in [-0.15, -0.1) is 0 Å². The number of nitrogens with one attached hydrogen (secondary N) is 1. The molecule has 0 aliphatic rings. The fourth-order valence-electron chi connectivity index (χ4n) is 1.55. The lowest BCUT2D eigenvalue weighted by Gasteiger charge is -2.08. The third-order valence-corrected chi connectivity index (χ3v) is 2.31. The van der Waals surface area contributed by atoms with Crippen molar-refractivity contribution < 1.29 is 4.74 Å². The molecule has 0 aliphatic carbocycles. The van der Waals surface area contributed by atoms with Crippen LogP contribution in [0.1, 0.15) is 12.5 Å².